The number of rotatable bonds is 6. The Hall–Kier alpha value is -2.14. The summed E-state index contributed by atoms with van der Waals surface area (Å²) >= 11 is 0. The number of amides is 1. The van der Waals surface area contributed by atoms with Crippen molar-refractivity contribution in [2.45, 2.75) is 12.8 Å². The SMILES string of the molecule is NCCc1ccccc1C(=O)NCCc1cnc[nH]1. The summed E-state index contributed by atoms with van der Waals surface area (Å²) in [5, 5.41) is 2.91. The summed E-state index contributed by atoms with van der Waals surface area (Å²) < 4.78 is 0. The maximum atomic E-state index is 12.1. The molecule has 5 heteroatoms. The van der Waals surface area contributed by atoms with Crippen molar-refractivity contribution in [1.29, 1.82) is 0 Å². The van der Waals surface area contributed by atoms with E-state index in [0.717, 1.165) is 17.7 Å². The Balaban J connectivity index is 1.92. The molecule has 0 radical (unpaired) electrons. The van der Waals surface area contributed by atoms with Crippen LogP contribution in [0.1, 0.15) is 21.6 Å². The average Bonchev–Trinajstić information content (AvgIpc) is 2.93. The van der Waals surface area contributed by atoms with Gasteiger partial charge in [0.15, 0.2) is 0 Å². The number of hydrogen-bond donors (Lipinski definition) is 3. The molecule has 0 saturated heterocycles. The fourth-order valence-electron chi connectivity index (χ4n) is 1.94. The van der Waals surface area contributed by atoms with Crippen molar-refractivity contribution >= 4 is 5.91 Å². The van der Waals surface area contributed by atoms with Gasteiger partial charge in [-0.2, -0.15) is 0 Å². The van der Waals surface area contributed by atoms with Gasteiger partial charge in [0.25, 0.3) is 5.91 Å². The van der Waals surface area contributed by atoms with Gasteiger partial charge in [0.2, 0.25) is 0 Å². The van der Waals surface area contributed by atoms with Crippen molar-refractivity contribution in [3.05, 3.63) is 53.6 Å². The first-order chi connectivity index (χ1) is 9.31. The fraction of sp³-hybridized carbons (Fsp3) is 0.286. The van der Waals surface area contributed by atoms with Crippen molar-refractivity contribution < 1.29 is 4.79 Å². The van der Waals surface area contributed by atoms with Crippen LogP contribution in [0, 0.1) is 0 Å². The number of H-pyrrole nitrogens is 1. The molecule has 0 aliphatic heterocycles. The van der Waals surface area contributed by atoms with Crippen LogP contribution in [-0.2, 0) is 12.8 Å². The first kappa shape index (κ1) is 13.3. The molecule has 2 aromatic rings. The van der Waals surface area contributed by atoms with Crippen molar-refractivity contribution in [2.75, 3.05) is 13.1 Å². The Morgan fingerprint density at radius 3 is 2.89 bits per heavy atom. The summed E-state index contributed by atoms with van der Waals surface area (Å²) in [6.07, 6.45) is 4.84. The lowest BCUT2D eigenvalue weighted by Crippen LogP contribution is -2.27. The zero-order chi connectivity index (χ0) is 13.5. The van der Waals surface area contributed by atoms with E-state index >= 15 is 0 Å². The molecule has 0 aliphatic carbocycles. The van der Waals surface area contributed by atoms with Crippen molar-refractivity contribution in [1.82, 2.24) is 15.3 Å². The van der Waals surface area contributed by atoms with E-state index in [-0.39, 0.29) is 5.91 Å². The number of aromatic nitrogens is 2. The highest BCUT2D eigenvalue weighted by atomic mass is 16.1. The lowest BCUT2D eigenvalue weighted by Gasteiger charge is -2.09. The molecular formula is C14H18N4O. The second-order valence-corrected chi connectivity index (χ2v) is 4.28. The molecule has 5 nitrogen and oxygen atoms in total. The zero-order valence-corrected chi connectivity index (χ0v) is 10.7. The number of nitrogens with zero attached hydrogens (tertiary/aromatic N) is 1. The van der Waals surface area contributed by atoms with E-state index in [9.17, 15) is 4.79 Å². The van der Waals surface area contributed by atoms with Crippen LogP contribution in [0.4, 0.5) is 0 Å². The molecular weight excluding hydrogens is 240 g/mol. The Labute approximate surface area is 112 Å². The second kappa shape index (κ2) is 6.70. The molecule has 0 saturated carbocycles. The third-order valence-electron chi connectivity index (χ3n) is 2.91. The predicted molar refractivity (Wildman–Crippen MR) is 73.8 cm³/mol. The summed E-state index contributed by atoms with van der Waals surface area (Å²) in [7, 11) is 0. The van der Waals surface area contributed by atoms with E-state index in [4.69, 9.17) is 5.73 Å². The Morgan fingerprint density at radius 2 is 2.16 bits per heavy atom. The van der Waals surface area contributed by atoms with Crippen LogP contribution >= 0.6 is 0 Å². The van der Waals surface area contributed by atoms with Crippen LogP contribution in [0.2, 0.25) is 0 Å². The first-order valence-electron chi connectivity index (χ1n) is 6.34. The molecule has 0 unspecified atom stereocenters. The first-order valence-corrected chi connectivity index (χ1v) is 6.34. The van der Waals surface area contributed by atoms with Crippen LogP contribution < -0.4 is 11.1 Å². The summed E-state index contributed by atoms with van der Waals surface area (Å²) in [6.45, 7) is 1.12. The lowest BCUT2D eigenvalue weighted by molar-refractivity contribution is 0.0953. The van der Waals surface area contributed by atoms with Gasteiger partial charge in [-0.25, -0.2) is 4.98 Å². The van der Waals surface area contributed by atoms with E-state index < -0.39 is 0 Å². The minimum atomic E-state index is -0.0523. The standard InChI is InChI=1S/C14H18N4O/c15-7-5-11-3-1-2-4-13(11)14(19)17-8-6-12-9-16-10-18-12/h1-4,9-10H,5-8,15H2,(H,16,18)(H,17,19). The molecule has 4 N–H and O–H groups in total. The number of nitrogens with one attached hydrogen (secondary N) is 2. The van der Waals surface area contributed by atoms with Crippen LogP contribution in [-0.4, -0.2) is 29.0 Å². The van der Waals surface area contributed by atoms with E-state index in [1.54, 1.807) is 12.5 Å². The molecule has 0 spiro atoms. The van der Waals surface area contributed by atoms with Gasteiger partial charge in [-0.05, 0) is 24.6 Å². The molecule has 1 aromatic heterocycles. The quantitative estimate of drug-likeness (QED) is 0.719. The minimum absolute atomic E-state index is 0.0523. The van der Waals surface area contributed by atoms with E-state index in [1.165, 1.54) is 0 Å². The summed E-state index contributed by atoms with van der Waals surface area (Å²) in [5.41, 5.74) is 8.26. The Kier molecular flexibility index (Phi) is 4.69. The second-order valence-electron chi connectivity index (χ2n) is 4.28. The molecule has 19 heavy (non-hydrogen) atoms. The number of nitrogens with two attached hydrogens (primary N) is 1. The zero-order valence-electron chi connectivity index (χ0n) is 10.7. The smallest absolute Gasteiger partial charge is 0.251 e. The molecule has 1 amide bonds. The van der Waals surface area contributed by atoms with Gasteiger partial charge >= 0.3 is 0 Å². The third kappa shape index (κ3) is 3.66. The summed E-state index contributed by atoms with van der Waals surface area (Å²) in [6, 6.07) is 7.56. The number of carbonyl (C=O) groups is 1. The van der Waals surface area contributed by atoms with E-state index in [0.29, 0.717) is 25.1 Å². The molecule has 0 atom stereocenters. The Bertz CT molecular complexity index is 522. The summed E-state index contributed by atoms with van der Waals surface area (Å²) in [5.74, 6) is -0.0523. The number of benzene rings is 1. The molecule has 100 valence electrons. The lowest BCUT2D eigenvalue weighted by atomic mass is 10.0. The maximum absolute atomic E-state index is 12.1. The van der Waals surface area contributed by atoms with Gasteiger partial charge in [-0.3, -0.25) is 4.79 Å². The minimum Gasteiger partial charge on any atom is -0.352 e. The predicted octanol–water partition coefficient (Wildman–Crippen LogP) is 0.883. The van der Waals surface area contributed by atoms with Crippen molar-refractivity contribution in [2.24, 2.45) is 5.73 Å². The highest BCUT2D eigenvalue weighted by Crippen LogP contribution is 2.09. The van der Waals surface area contributed by atoms with Gasteiger partial charge in [0.05, 0.1) is 6.33 Å². The molecule has 1 heterocycles. The topological polar surface area (TPSA) is 83.8 Å². The largest absolute Gasteiger partial charge is 0.352 e. The number of carbonyl (C=O) groups excluding carboxylic acids is 1. The fourth-order valence-corrected chi connectivity index (χ4v) is 1.94. The molecule has 2 rings (SSSR count). The maximum Gasteiger partial charge on any atom is 0.251 e. The molecule has 0 aliphatic rings. The number of imidazole rings is 1. The van der Waals surface area contributed by atoms with Crippen molar-refractivity contribution in [3.8, 4) is 0 Å². The van der Waals surface area contributed by atoms with E-state index in [1.807, 2.05) is 24.3 Å². The van der Waals surface area contributed by atoms with Crippen LogP contribution in [0.5, 0.6) is 0 Å². The van der Waals surface area contributed by atoms with Gasteiger partial charge < -0.3 is 16.0 Å². The van der Waals surface area contributed by atoms with Crippen LogP contribution in [0.15, 0.2) is 36.8 Å². The summed E-state index contributed by atoms with van der Waals surface area (Å²) in [4.78, 5) is 19.0. The van der Waals surface area contributed by atoms with Crippen LogP contribution in [0.25, 0.3) is 0 Å². The van der Waals surface area contributed by atoms with Gasteiger partial charge in [-0.15, -0.1) is 0 Å². The molecule has 0 bridgehead atoms. The highest BCUT2D eigenvalue weighted by Gasteiger charge is 2.09. The van der Waals surface area contributed by atoms with Crippen molar-refractivity contribution in [3.63, 3.8) is 0 Å². The number of aromatic amines is 1. The Morgan fingerprint density at radius 1 is 1.32 bits per heavy atom. The van der Waals surface area contributed by atoms with Crippen LogP contribution in [0.3, 0.4) is 0 Å². The van der Waals surface area contributed by atoms with Gasteiger partial charge in [-0.1, -0.05) is 18.2 Å². The molecule has 0 fully saturated rings. The van der Waals surface area contributed by atoms with E-state index in [2.05, 4.69) is 15.3 Å². The highest BCUT2D eigenvalue weighted by molar-refractivity contribution is 5.95. The number of hydrogen-bond acceptors (Lipinski definition) is 3. The average molecular weight is 258 g/mol. The third-order valence-corrected chi connectivity index (χ3v) is 2.91. The molecule has 1 aromatic carbocycles. The van der Waals surface area contributed by atoms with Gasteiger partial charge in [0.1, 0.15) is 0 Å². The monoisotopic (exact) mass is 258 g/mol. The normalized spacial score (nSPS) is 10.4. The van der Waals surface area contributed by atoms with Gasteiger partial charge in [0, 0.05) is 30.4 Å².